The average Bonchev–Trinajstić information content (AvgIpc) is 2.75. The zero-order valence-electron chi connectivity index (χ0n) is 11.4. The Hall–Kier alpha value is -1.20. The summed E-state index contributed by atoms with van der Waals surface area (Å²) >= 11 is 3.45. The molecule has 1 aromatic heterocycles. The van der Waals surface area contributed by atoms with E-state index in [-0.39, 0.29) is 11.5 Å². The van der Waals surface area contributed by atoms with Crippen LogP contribution in [0.3, 0.4) is 0 Å². The summed E-state index contributed by atoms with van der Waals surface area (Å²) in [7, 11) is 0. The van der Waals surface area contributed by atoms with Crippen molar-refractivity contribution >= 4 is 15.9 Å². The van der Waals surface area contributed by atoms with Crippen LogP contribution >= 0.6 is 15.9 Å². The van der Waals surface area contributed by atoms with E-state index in [2.05, 4.69) is 46.8 Å². The summed E-state index contributed by atoms with van der Waals surface area (Å²) in [5.41, 5.74) is 7.13. The molecule has 0 aliphatic carbocycles. The Morgan fingerprint density at radius 2 is 2.11 bits per heavy atom. The molecule has 0 bridgehead atoms. The van der Waals surface area contributed by atoms with Crippen LogP contribution in [0.2, 0.25) is 0 Å². The quantitative estimate of drug-likeness (QED) is 0.939. The van der Waals surface area contributed by atoms with Gasteiger partial charge in [-0.1, -0.05) is 54.0 Å². The van der Waals surface area contributed by atoms with Gasteiger partial charge >= 0.3 is 0 Å². The molecule has 0 radical (unpaired) electrons. The fourth-order valence-electron chi connectivity index (χ4n) is 1.67. The van der Waals surface area contributed by atoms with Gasteiger partial charge < -0.3 is 10.3 Å². The maximum Gasteiger partial charge on any atom is 0.244 e. The van der Waals surface area contributed by atoms with Gasteiger partial charge in [0, 0.05) is 10.9 Å². The van der Waals surface area contributed by atoms with Gasteiger partial charge in [0.25, 0.3) is 0 Å². The number of hydrogen-bond donors (Lipinski definition) is 1. The van der Waals surface area contributed by atoms with Crippen LogP contribution in [0, 0.1) is 5.41 Å². The molecule has 1 aromatic carbocycles. The number of benzene rings is 1. The average molecular weight is 324 g/mol. The SMILES string of the molecule is CC(C)(C)C(N)c1nc(Cc2cccc(Br)c2)no1. The van der Waals surface area contributed by atoms with Crippen LogP contribution in [0.25, 0.3) is 0 Å². The van der Waals surface area contributed by atoms with E-state index >= 15 is 0 Å². The summed E-state index contributed by atoms with van der Waals surface area (Å²) in [6.07, 6.45) is 0.639. The highest BCUT2D eigenvalue weighted by Crippen LogP contribution is 2.29. The van der Waals surface area contributed by atoms with Crippen LogP contribution in [-0.2, 0) is 6.42 Å². The van der Waals surface area contributed by atoms with Gasteiger partial charge in [-0.3, -0.25) is 0 Å². The van der Waals surface area contributed by atoms with Gasteiger partial charge in [0.15, 0.2) is 5.82 Å². The molecule has 2 aromatic rings. The van der Waals surface area contributed by atoms with Crippen molar-refractivity contribution in [1.29, 1.82) is 0 Å². The second kappa shape index (κ2) is 5.43. The monoisotopic (exact) mass is 323 g/mol. The predicted molar refractivity (Wildman–Crippen MR) is 77.6 cm³/mol. The molecule has 0 saturated heterocycles. The number of nitrogens with zero attached hydrogens (tertiary/aromatic N) is 2. The number of nitrogens with two attached hydrogens (primary N) is 1. The molecule has 0 amide bonds. The minimum atomic E-state index is -0.253. The van der Waals surface area contributed by atoms with Crippen LogP contribution in [0.5, 0.6) is 0 Å². The highest BCUT2D eigenvalue weighted by Gasteiger charge is 2.27. The number of halogens is 1. The molecule has 5 heteroatoms. The Morgan fingerprint density at radius 1 is 1.37 bits per heavy atom. The lowest BCUT2D eigenvalue weighted by atomic mass is 9.87. The van der Waals surface area contributed by atoms with Crippen molar-refractivity contribution in [3.05, 3.63) is 46.0 Å². The molecule has 0 fully saturated rings. The van der Waals surface area contributed by atoms with E-state index in [9.17, 15) is 0 Å². The molecule has 2 rings (SSSR count). The lowest BCUT2D eigenvalue weighted by Crippen LogP contribution is -2.26. The summed E-state index contributed by atoms with van der Waals surface area (Å²) < 4.78 is 6.30. The van der Waals surface area contributed by atoms with E-state index in [1.54, 1.807) is 0 Å². The molecule has 1 unspecified atom stereocenters. The summed E-state index contributed by atoms with van der Waals surface area (Å²) in [6.45, 7) is 6.15. The van der Waals surface area contributed by atoms with Crippen LogP contribution in [-0.4, -0.2) is 10.1 Å². The van der Waals surface area contributed by atoms with Crippen molar-refractivity contribution in [2.24, 2.45) is 11.1 Å². The van der Waals surface area contributed by atoms with Gasteiger partial charge in [-0.2, -0.15) is 4.98 Å². The lowest BCUT2D eigenvalue weighted by Gasteiger charge is -2.23. The Morgan fingerprint density at radius 3 is 2.74 bits per heavy atom. The molecule has 0 aliphatic rings. The molecule has 1 heterocycles. The van der Waals surface area contributed by atoms with Gasteiger partial charge in [0.1, 0.15) is 0 Å². The van der Waals surface area contributed by atoms with Crippen LogP contribution in [0.15, 0.2) is 33.3 Å². The van der Waals surface area contributed by atoms with Gasteiger partial charge in [0.2, 0.25) is 5.89 Å². The third kappa shape index (κ3) is 3.64. The zero-order valence-corrected chi connectivity index (χ0v) is 12.9. The highest BCUT2D eigenvalue weighted by atomic mass is 79.9. The fraction of sp³-hybridized carbons (Fsp3) is 0.429. The molecule has 0 aliphatic heterocycles. The van der Waals surface area contributed by atoms with Crippen molar-refractivity contribution in [3.63, 3.8) is 0 Å². The van der Waals surface area contributed by atoms with Crippen molar-refractivity contribution in [2.75, 3.05) is 0 Å². The normalized spacial score (nSPS) is 13.5. The van der Waals surface area contributed by atoms with E-state index in [1.807, 2.05) is 24.3 Å². The van der Waals surface area contributed by atoms with Crippen molar-refractivity contribution < 1.29 is 4.52 Å². The Bertz CT molecular complexity index is 560. The lowest BCUT2D eigenvalue weighted by molar-refractivity contribution is 0.252. The molecule has 4 nitrogen and oxygen atoms in total. The van der Waals surface area contributed by atoms with Gasteiger partial charge in [-0.15, -0.1) is 0 Å². The van der Waals surface area contributed by atoms with Crippen molar-refractivity contribution in [3.8, 4) is 0 Å². The fourth-order valence-corrected chi connectivity index (χ4v) is 2.11. The van der Waals surface area contributed by atoms with Gasteiger partial charge in [-0.05, 0) is 23.1 Å². The molecule has 0 saturated carbocycles. The van der Waals surface area contributed by atoms with E-state index in [0.29, 0.717) is 18.1 Å². The zero-order chi connectivity index (χ0) is 14.0. The Kier molecular flexibility index (Phi) is 4.06. The van der Waals surface area contributed by atoms with Crippen LogP contribution in [0.4, 0.5) is 0 Å². The standard InChI is InChI=1S/C14H18BrN3O/c1-14(2,3)12(16)13-17-11(18-19-13)8-9-5-4-6-10(15)7-9/h4-7,12H,8,16H2,1-3H3. The molecule has 2 N–H and O–H groups in total. The first-order valence-corrected chi connectivity index (χ1v) is 6.98. The third-order valence-corrected chi connectivity index (χ3v) is 3.43. The molecule has 0 spiro atoms. The van der Waals surface area contributed by atoms with E-state index < -0.39 is 0 Å². The second-order valence-corrected chi connectivity index (χ2v) is 6.61. The highest BCUT2D eigenvalue weighted by molar-refractivity contribution is 9.10. The van der Waals surface area contributed by atoms with Gasteiger partial charge in [0.05, 0.1) is 6.04 Å². The maximum absolute atomic E-state index is 6.10. The van der Waals surface area contributed by atoms with E-state index in [0.717, 1.165) is 10.0 Å². The first-order chi connectivity index (χ1) is 8.86. The topological polar surface area (TPSA) is 64.9 Å². The third-order valence-electron chi connectivity index (χ3n) is 2.93. The number of hydrogen-bond acceptors (Lipinski definition) is 4. The first kappa shape index (κ1) is 14.2. The van der Waals surface area contributed by atoms with Crippen LogP contribution in [0.1, 0.15) is 44.1 Å². The maximum atomic E-state index is 6.10. The number of aromatic nitrogens is 2. The largest absolute Gasteiger partial charge is 0.338 e. The molecule has 1 atom stereocenters. The van der Waals surface area contributed by atoms with Crippen LogP contribution < -0.4 is 5.73 Å². The molecule has 19 heavy (non-hydrogen) atoms. The molecule has 102 valence electrons. The van der Waals surface area contributed by atoms with Crippen molar-refractivity contribution in [1.82, 2.24) is 10.1 Å². The predicted octanol–water partition coefficient (Wildman–Crippen LogP) is 3.47. The summed E-state index contributed by atoms with van der Waals surface area (Å²) in [5, 5.41) is 3.99. The second-order valence-electron chi connectivity index (χ2n) is 5.70. The molecular formula is C14H18BrN3O. The summed E-state index contributed by atoms with van der Waals surface area (Å²) in [4.78, 5) is 4.38. The van der Waals surface area contributed by atoms with Crippen molar-refractivity contribution in [2.45, 2.75) is 33.2 Å². The molecular weight excluding hydrogens is 306 g/mol. The summed E-state index contributed by atoms with van der Waals surface area (Å²) in [5.74, 6) is 1.16. The number of rotatable bonds is 3. The van der Waals surface area contributed by atoms with Gasteiger partial charge in [-0.25, -0.2) is 0 Å². The minimum absolute atomic E-state index is 0.0976. The smallest absolute Gasteiger partial charge is 0.244 e. The summed E-state index contributed by atoms with van der Waals surface area (Å²) in [6, 6.07) is 7.79. The Labute approximate surface area is 121 Å². The van der Waals surface area contributed by atoms with E-state index in [1.165, 1.54) is 0 Å². The first-order valence-electron chi connectivity index (χ1n) is 6.19. The minimum Gasteiger partial charge on any atom is -0.338 e. The Balaban J connectivity index is 2.14. The van der Waals surface area contributed by atoms with E-state index in [4.69, 9.17) is 10.3 Å².